The van der Waals surface area contributed by atoms with Crippen molar-refractivity contribution in [1.82, 2.24) is 9.72 Å². The molecule has 3 aromatic heterocycles. The SMILES string of the molecule is CC(F)(F)c1cc(Cn2ccc3occc3c2=O)no1. The molecule has 0 aliphatic rings. The van der Waals surface area contributed by atoms with E-state index >= 15 is 0 Å². The van der Waals surface area contributed by atoms with Gasteiger partial charge in [-0.15, -0.1) is 0 Å². The van der Waals surface area contributed by atoms with E-state index in [2.05, 4.69) is 9.68 Å². The van der Waals surface area contributed by atoms with Gasteiger partial charge in [-0.05, 0) is 12.1 Å². The summed E-state index contributed by atoms with van der Waals surface area (Å²) in [6.45, 7) is 0.778. The van der Waals surface area contributed by atoms with Gasteiger partial charge in [-0.2, -0.15) is 8.78 Å². The average molecular weight is 280 g/mol. The molecule has 3 heterocycles. The number of rotatable bonds is 3. The number of halogens is 2. The summed E-state index contributed by atoms with van der Waals surface area (Å²) >= 11 is 0. The van der Waals surface area contributed by atoms with Gasteiger partial charge in [0.2, 0.25) is 5.76 Å². The lowest BCUT2D eigenvalue weighted by atomic mass is 10.2. The summed E-state index contributed by atoms with van der Waals surface area (Å²) < 4.78 is 37.1. The zero-order valence-electron chi connectivity index (χ0n) is 10.5. The second-order valence-electron chi connectivity index (χ2n) is 4.52. The quantitative estimate of drug-likeness (QED) is 0.740. The molecular weight excluding hydrogens is 270 g/mol. The lowest BCUT2D eigenvalue weighted by Gasteiger charge is -2.03. The van der Waals surface area contributed by atoms with E-state index in [1.54, 1.807) is 12.1 Å². The normalized spacial score (nSPS) is 12.2. The third-order valence-electron chi connectivity index (χ3n) is 2.92. The first-order valence-corrected chi connectivity index (χ1v) is 5.86. The third-order valence-corrected chi connectivity index (χ3v) is 2.92. The zero-order valence-corrected chi connectivity index (χ0v) is 10.5. The van der Waals surface area contributed by atoms with Gasteiger partial charge in [0.15, 0.2) is 0 Å². The van der Waals surface area contributed by atoms with Crippen LogP contribution in [-0.4, -0.2) is 9.72 Å². The molecule has 20 heavy (non-hydrogen) atoms. The van der Waals surface area contributed by atoms with Crippen LogP contribution in [-0.2, 0) is 12.5 Å². The van der Waals surface area contributed by atoms with E-state index < -0.39 is 11.7 Å². The molecule has 0 aliphatic carbocycles. The Hall–Kier alpha value is -2.44. The number of aromatic nitrogens is 2. The second kappa shape index (κ2) is 4.29. The van der Waals surface area contributed by atoms with Gasteiger partial charge in [0, 0.05) is 19.2 Å². The molecule has 0 aromatic carbocycles. The first-order chi connectivity index (χ1) is 9.45. The number of nitrogens with zero attached hydrogens (tertiary/aromatic N) is 2. The Morgan fingerprint density at radius 2 is 2.20 bits per heavy atom. The maximum atomic E-state index is 13.0. The van der Waals surface area contributed by atoms with Gasteiger partial charge >= 0.3 is 5.92 Å². The Balaban J connectivity index is 1.95. The highest BCUT2D eigenvalue weighted by Crippen LogP contribution is 2.27. The Labute approximate surface area is 111 Å². The van der Waals surface area contributed by atoms with Gasteiger partial charge < -0.3 is 13.5 Å². The highest BCUT2D eigenvalue weighted by atomic mass is 19.3. The van der Waals surface area contributed by atoms with Crippen molar-refractivity contribution in [3.05, 3.63) is 52.5 Å². The van der Waals surface area contributed by atoms with E-state index in [0.717, 1.165) is 13.0 Å². The van der Waals surface area contributed by atoms with Crippen LogP contribution < -0.4 is 5.56 Å². The van der Waals surface area contributed by atoms with Crippen LogP contribution in [0.5, 0.6) is 0 Å². The number of alkyl halides is 2. The van der Waals surface area contributed by atoms with Crippen LogP contribution in [0, 0.1) is 0 Å². The molecule has 0 radical (unpaired) electrons. The average Bonchev–Trinajstić information content (AvgIpc) is 3.01. The molecule has 0 N–H and O–H groups in total. The Bertz CT molecular complexity index is 811. The van der Waals surface area contributed by atoms with Crippen LogP contribution in [0.1, 0.15) is 18.4 Å². The van der Waals surface area contributed by atoms with Gasteiger partial charge in [-0.3, -0.25) is 4.79 Å². The maximum Gasteiger partial charge on any atom is 0.304 e. The minimum atomic E-state index is -3.09. The Morgan fingerprint density at radius 1 is 1.40 bits per heavy atom. The molecule has 0 aliphatic heterocycles. The minimum Gasteiger partial charge on any atom is -0.464 e. The smallest absolute Gasteiger partial charge is 0.304 e. The van der Waals surface area contributed by atoms with E-state index in [1.807, 2.05) is 0 Å². The summed E-state index contributed by atoms with van der Waals surface area (Å²) in [6.07, 6.45) is 2.94. The summed E-state index contributed by atoms with van der Waals surface area (Å²) in [5, 5.41) is 3.98. The summed E-state index contributed by atoms with van der Waals surface area (Å²) in [7, 11) is 0. The minimum absolute atomic E-state index is 0.0551. The molecule has 0 atom stereocenters. The number of hydrogen-bond donors (Lipinski definition) is 0. The molecule has 5 nitrogen and oxygen atoms in total. The molecule has 0 saturated heterocycles. The fraction of sp³-hybridized carbons (Fsp3) is 0.231. The summed E-state index contributed by atoms with van der Waals surface area (Å²) in [5.41, 5.74) is 0.461. The largest absolute Gasteiger partial charge is 0.464 e. The number of fused-ring (bicyclic) bond motifs is 1. The van der Waals surface area contributed by atoms with Crippen molar-refractivity contribution < 1.29 is 17.7 Å². The number of furan rings is 1. The van der Waals surface area contributed by atoms with E-state index in [-0.39, 0.29) is 17.8 Å². The van der Waals surface area contributed by atoms with Crippen molar-refractivity contribution in [2.24, 2.45) is 0 Å². The number of hydrogen-bond acceptors (Lipinski definition) is 4. The molecule has 0 spiro atoms. The third kappa shape index (κ3) is 2.11. The fourth-order valence-corrected chi connectivity index (χ4v) is 1.90. The van der Waals surface area contributed by atoms with E-state index in [0.29, 0.717) is 11.0 Å². The molecule has 0 unspecified atom stereocenters. The standard InChI is InChI=1S/C13H10F2N2O3/c1-13(14,15)11-6-8(16-20-11)7-17-4-2-10-9(12(17)18)3-5-19-10/h2-6H,7H2,1H3. The first kappa shape index (κ1) is 12.6. The van der Waals surface area contributed by atoms with Gasteiger partial charge in [-0.25, -0.2) is 0 Å². The molecule has 0 saturated carbocycles. The van der Waals surface area contributed by atoms with Gasteiger partial charge in [0.05, 0.1) is 18.2 Å². The van der Waals surface area contributed by atoms with E-state index in [1.165, 1.54) is 17.0 Å². The predicted molar refractivity (Wildman–Crippen MR) is 65.6 cm³/mol. The van der Waals surface area contributed by atoms with Crippen molar-refractivity contribution in [3.8, 4) is 0 Å². The summed E-state index contributed by atoms with van der Waals surface area (Å²) in [6, 6.07) is 4.33. The van der Waals surface area contributed by atoms with Crippen molar-refractivity contribution >= 4 is 11.0 Å². The topological polar surface area (TPSA) is 61.2 Å². The van der Waals surface area contributed by atoms with Crippen LogP contribution in [0.15, 0.2) is 44.4 Å². The molecule has 104 valence electrons. The maximum absolute atomic E-state index is 13.0. The van der Waals surface area contributed by atoms with Gasteiger partial charge in [0.25, 0.3) is 5.56 Å². The highest BCUT2D eigenvalue weighted by molar-refractivity contribution is 5.75. The highest BCUT2D eigenvalue weighted by Gasteiger charge is 2.29. The molecule has 7 heteroatoms. The lowest BCUT2D eigenvalue weighted by molar-refractivity contribution is -0.0105. The zero-order chi connectivity index (χ0) is 14.3. The molecule has 3 rings (SSSR count). The summed E-state index contributed by atoms with van der Waals surface area (Å²) in [4.78, 5) is 12.1. The molecular formula is C13H10F2N2O3. The molecule has 0 fully saturated rings. The first-order valence-electron chi connectivity index (χ1n) is 5.86. The van der Waals surface area contributed by atoms with Crippen LogP contribution in [0.3, 0.4) is 0 Å². The van der Waals surface area contributed by atoms with Crippen LogP contribution in [0.2, 0.25) is 0 Å². The van der Waals surface area contributed by atoms with E-state index in [9.17, 15) is 13.6 Å². The van der Waals surface area contributed by atoms with Crippen molar-refractivity contribution in [2.45, 2.75) is 19.4 Å². The fourth-order valence-electron chi connectivity index (χ4n) is 1.90. The van der Waals surface area contributed by atoms with Crippen LogP contribution in [0.4, 0.5) is 8.78 Å². The number of pyridine rings is 1. The Kier molecular flexibility index (Phi) is 2.70. The van der Waals surface area contributed by atoms with Crippen LogP contribution in [0.25, 0.3) is 11.0 Å². The summed E-state index contributed by atoms with van der Waals surface area (Å²) in [5.74, 6) is -3.62. The van der Waals surface area contributed by atoms with Crippen LogP contribution >= 0.6 is 0 Å². The van der Waals surface area contributed by atoms with Crippen molar-refractivity contribution in [2.75, 3.05) is 0 Å². The van der Waals surface area contributed by atoms with Gasteiger partial charge in [0.1, 0.15) is 11.3 Å². The van der Waals surface area contributed by atoms with Crippen molar-refractivity contribution in [1.29, 1.82) is 0 Å². The molecule has 0 bridgehead atoms. The molecule has 0 amide bonds. The lowest BCUT2D eigenvalue weighted by Crippen LogP contribution is -2.19. The van der Waals surface area contributed by atoms with Gasteiger partial charge in [-0.1, -0.05) is 5.16 Å². The Morgan fingerprint density at radius 3 is 2.90 bits per heavy atom. The monoisotopic (exact) mass is 280 g/mol. The van der Waals surface area contributed by atoms with Crippen molar-refractivity contribution in [3.63, 3.8) is 0 Å². The second-order valence-corrected chi connectivity index (χ2v) is 4.52. The predicted octanol–water partition coefficient (Wildman–Crippen LogP) is 2.74. The van der Waals surface area contributed by atoms with E-state index in [4.69, 9.17) is 4.42 Å². The molecule has 3 aromatic rings.